The molecule has 2 aromatic carbocycles. The normalized spacial score (nSPS) is 16.1. The fourth-order valence-electron chi connectivity index (χ4n) is 4.55. The summed E-state index contributed by atoms with van der Waals surface area (Å²) in [7, 11) is 1.52. The number of fused-ring (bicyclic) bond motifs is 1. The summed E-state index contributed by atoms with van der Waals surface area (Å²) < 4.78 is 11.2. The van der Waals surface area contributed by atoms with E-state index in [1.807, 2.05) is 6.07 Å². The van der Waals surface area contributed by atoms with E-state index in [1.54, 1.807) is 47.4 Å². The number of methoxy groups -OCH3 is 1. The zero-order chi connectivity index (χ0) is 25.1. The lowest BCUT2D eigenvalue weighted by molar-refractivity contribution is -0.129. The number of ketones is 1. The van der Waals surface area contributed by atoms with Crippen LogP contribution in [0.2, 0.25) is 5.02 Å². The van der Waals surface area contributed by atoms with Crippen LogP contribution >= 0.6 is 11.6 Å². The zero-order valence-corrected chi connectivity index (χ0v) is 20.8. The van der Waals surface area contributed by atoms with Crippen LogP contribution in [0.25, 0.3) is 11.0 Å². The molecule has 0 fully saturated rings. The molecule has 0 bridgehead atoms. The Labute approximate surface area is 209 Å². The number of para-hydroxylation sites is 1. The molecule has 8 heteroatoms. The molecular formula is C27H29ClN2O5. The molecular weight excluding hydrogens is 468 g/mol. The molecule has 1 aliphatic heterocycles. The number of amides is 1. The number of carbonyl (C=O) groups is 2. The van der Waals surface area contributed by atoms with Gasteiger partial charge in [-0.15, -0.1) is 0 Å². The van der Waals surface area contributed by atoms with Gasteiger partial charge in [-0.05, 0) is 55.9 Å². The Morgan fingerprint density at radius 3 is 2.54 bits per heavy atom. The number of aliphatic hydroxyl groups excluding tert-OH is 1. The highest BCUT2D eigenvalue weighted by Gasteiger charge is 2.44. The van der Waals surface area contributed by atoms with Crippen molar-refractivity contribution in [2.75, 3.05) is 33.3 Å². The highest BCUT2D eigenvalue weighted by Crippen LogP contribution is 2.40. The van der Waals surface area contributed by atoms with Crippen molar-refractivity contribution < 1.29 is 23.8 Å². The van der Waals surface area contributed by atoms with E-state index in [2.05, 4.69) is 18.7 Å². The van der Waals surface area contributed by atoms with Gasteiger partial charge in [0.15, 0.2) is 22.9 Å². The second kappa shape index (κ2) is 10.5. The molecule has 0 spiro atoms. The average molecular weight is 497 g/mol. The third kappa shape index (κ3) is 4.79. The van der Waals surface area contributed by atoms with Crippen molar-refractivity contribution in [3.05, 3.63) is 76.2 Å². The first-order valence-corrected chi connectivity index (χ1v) is 12.1. The fraction of sp³-hybridized carbons (Fsp3) is 0.333. The van der Waals surface area contributed by atoms with Gasteiger partial charge in [-0.2, -0.15) is 0 Å². The predicted molar refractivity (Wildman–Crippen MR) is 135 cm³/mol. The molecule has 4 rings (SSSR count). The summed E-state index contributed by atoms with van der Waals surface area (Å²) in [5.41, 5.74) is 1.12. The van der Waals surface area contributed by atoms with Crippen LogP contribution in [-0.2, 0) is 4.79 Å². The van der Waals surface area contributed by atoms with Gasteiger partial charge in [0.05, 0.1) is 18.7 Å². The number of Topliss-reactive ketones (excluding diaryl/α,β-unsaturated/α-hetero) is 1. The van der Waals surface area contributed by atoms with E-state index in [0.717, 1.165) is 19.6 Å². The first-order chi connectivity index (χ1) is 16.9. The molecule has 1 N–H and O–H groups in total. The topological polar surface area (TPSA) is 83.2 Å². The number of rotatable bonds is 10. The molecule has 3 aromatic rings. The largest absolute Gasteiger partial charge is 0.503 e. The lowest BCUT2D eigenvalue weighted by Gasteiger charge is -2.28. The lowest BCUT2D eigenvalue weighted by Crippen LogP contribution is -2.34. The number of ether oxygens (including phenoxy) is 1. The highest BCUT2D eigenvalue weighted by atomic mass is 35.5. The summed E-state index contributed by atoms with van der Waals surface area (Å²) >= 11 is 6.09. The number of hydrogen-bond donors (Lipinski definition) is 1. The molecule has 2 heterocycles. The van der Waals surface area contributed by atoms with E-state index in [-0.39, 0.29) is 11.3 Å². The standard InChI is InChI=1S/C27H29ClN2O5/c1-4-29(5-2)14-7-15-30-23(17-10-12-19(28)13-11-17)22(25(32)27(30)33)24(31)21-16-18-8-6-9-20(34-3)26(18)35-21/h6,8-13,16,23,32H,4-5,7,14-15H2,1-3H3/t23-/m1/s1. The Morgan fingerprint density at radius 2 is 1.89 bits per heavy atom. The number of halogens is 1. The second-order valence-corrected chi connectivity index (χ2v) is 8.85. The van der Waals surface area contributed by atoms with Crippen LogP contribution < -0.4 is 4.74 Å². The second-order valence-electron chi connectivity index (χ2n) is 8.41. The number of furan rings is 1. The Hall–Kier alpha value is -3.29. The van der Waals surface area contributed by atoms with Crippen molar-refractivity contribution in [1.29, 1.82) is 0 Å². The molecule has 184 valence electrons. The molecule has 1 aliphatic rings. The van der Waals surface area contributed by atoms with E-state index in [1.165, 1.54) is 7.11 Å². The van der Waals surface area contributed by atoms with E-state index in [4.69, 9.17) is 20.8 Å². The highest BCUT2D eigenvalue weighted by molar-refractivity contribution is 6.30. The quantitative estimate of drug-likeness (QED) is 0.378. The zero-order valence-electron chi connectivity index (χ0n) is 20.1. The molecule has 1 atom stereocenters. The number of aliphatic hydroxyl groups is 1. The van der Waals surface area contributed by atoms with Gasteiger partial charge in [0.2, 0.25) is 5.78 Å². The Balaban J connectivity index is 1.71. The van der Waals surface area contributed by atoms with Crippen LogP contribution in [0, 0.1) is 0 Å². The van der Waals surface area contributed by atoms with Crippen molar-refractivity contribution in [1.82, 2.24) is 9.80 Å². The van der Waals surface area contributed by atoms with Crippen LogP contribution in [0.4, 0.5) is 0 Å². The van der Waals surface area contributed by atoms with Crippen molar-refractivity contribution in [3.8, 4) is 5.75 Å². The van der Waals surface area contributed by atoms with Gasteiger partial charge in [-0.1, -0.05) is 49.7 Å². The minimum Gasteiger partial charge on any atom is -0.503 e. The predicted octanol–water partition coefficient (Wildman–Crippen LogP) is 5.41. The maximum atomic E-state index is 13.7. The van der Waals surface area contributed by atoms with Crippen molar-refractivity contribution in [3.63, 3.8) is 0 Å². The summed E-state index contributed by atoms with van der Waals surface area (Å²) in [6, 6.07) is 13.2. The van der Waals surface area contributed by atoms with Gasteiger partial charge in [0.25, 0.3) is 5.91 Å². The van der Waals surface area contributed by atoms with Gasteiger partial charge in [-0.25, -0.2) is 0 Å². The monoisotopic (exact) mass is 496 g/mol. The number of hydrogen-bond acceptors (Lipinski definition) is 6. The number of carbonyl (C=O) groups excluding carboxylic acids is 2. The molecule has 1 aromatic heterocycles. The van der Waals surface area contributed by atoms with E-state index < -0.39 is 23.5 Å². The average Bonchev–Trinajstić information content (AvgIpc) is 3.41. The molecule has 1 amide bonds. The lowest BCUT2D eigenvalue weighted by atomic mass is 9.95. The SMILES string of the molecule is CCN(CC)CCCN1C(=O)C(O)=C(C(=O)c2cc3cccc(OC)c3o2)[C@H]1c1ccc(Cl)cc1. The third-order valence-electron chi connectivity index (χ3n) is 6.45. The molecule has 0 saturated heterocycles. The molecule has 7 nitrogen and oxygen atoms in total. The number of benzene rings is 2. The molecule has 0 saturated carbocycles. The van der Waals surface area contributed by atoms with Crippen LogP contribution in [0.5, 0.6) is 5.75 Å². The van der Waals surface area contributed by atoms with Gasteiger partial charge < -0.3 is 24.1 Å². The van der Waals surface area contributed by atoms with Gasteiger partial charge in [0.1, 0.15) is 0 Å². The maximum absolute atomic E-state index is 13.7. The smallest absolute Gasteiger partial charge is 0.290 e. The summed E-state index contributed by atoms with van der Waals surface area (Å²) in [6.45, 7) is 7.19. The van der Waals surface area contributed by atoms with E-state index in [0.29, 0.717) is 40.3 Å². The first kappa shape index (κ1) is 24.8. The van der Waals surface area contributed by atoms with Crippen LogP contribution in [0.15, 0.2) is 64.3 Å². The van der Waals surface area contributed by atoms with E-state index >= 15 is 0 Å². The van der Waals surface area contributed by atoms with Gasteiger partial charge in [-0.3, -0.25) is 9.59 Å². The summed E-state index contributed by atoms with van der Waals surface area (Å²) in [6.07, 6.45) is 0.702. The van der Waals surface area contributed by atoms with Crippen molar-refractivity contribution >= 4 is 34.3 Å². The fourth-order valence-corrected chi connectivity index (χ4v) is 4.68. The third-order valence-corrected chi connectivity index (χ3v) is 6.71. The Kier molecular flexibility index (Phi) is 7.48. The van der Waals surface area contributed by atoms with Crippen molar-refractivity contribution in [2.45, 2.75) is 26.3 Å². The Morgan fingerprint density at radius 1 is 1.17 bits per heavy atom. The molecule has 0 aliphatic carbocycles. The Bertz CT molecular complexity index is 1260. The minimum absolute atomic E-state index is 0.00168. The first-order valence-electron chi connectivity index (χ1n) is 11.7. The van der Waals surface area contributed by atoms with E-state index in [9.17, 15) is 14.7 Å². The van der Waals surface area contributed by atoms with Crippen molar-refractivity contribution in [2.24, 2.45) is 0 Å². The minimum atomic E-state index is -0.751. The van der Waals surface area contributed by atoms with Crippen LogP contribution in [0.1, 0.15) is 42.4 Å². The van der Waals surface area contributed by atoms with Crippen LogP contribution in [0.3, 0.4) is 0 Å². The summed E-state index contributed by atoms with van der Waals surface area (Å²) in [5.74, 6) is -1.13. The molecule has 35 heavy (non-hydrogen) atoms. The van der Waals surface area contributed by atoms with Crippen LogP contribution in [-0.4, -0.2) is 59.9 Å². The maximum Gasteiger partial charge on any atom is 0.290 e. The summed E-state index contributed by atoms with van der Waals surface area (Å²) in [4.78, 5) is 30.7. The van der Waals surface area contributed by atoms with Gasteiger partial charge in [0, 0.05) is 17.0 Å². The molecule has 0 radical (unpaired) electrons. The summed E-state index contributed by atoms with van der Waals surface area (Å²) in [5, 5.41) is 12.1. The van der Waals surface area contributed by atoms with Gasteiger partial charge >= 0.3 is 0 Å². The molecule has 0 unspecified atom stereocenters. The number of nitrogens with zero attached hydrogens (tertiary/aromatic N) is 2.